The summed E-state index contributed by atoms with van der Waals surface area (Å²) >= 11 is 0. The standard InChI is InChI=1S/C23H28N4O/c1-27-13-10-18(11-14-27)16-28-22-8-6-17(15-26-22)5-7-19-3-2-4-21-20(19)9-12-25-23(21)24/h2-4,6,8-9,12,15,18H,5,7,10-11,13-14,16H2,1H3,(H2,24,25). The van der Waals surface area contributed by atoms with E-state index < -0.39 is 0 Å². The van der Waals surface area contributed by atoms with Crippen LogP contribution >= 0.6 is 0 Å². The van der Waals surface area contributed by atoms with Crippen LogP contribution in [0.5, 0.6) is 5.88 Å². The minimum atomic E-state index is 0.590. The van der Waals surface area contributed by atoms with E-state index in [0.717, 1.165) is 43.8 Å². The molecule has 1 aromatic carbocycles. The van der Waals surface area contributed by atoms with E-state index >= 15 is 0 Å². The third-order valence-electron chi connectivity index (χ3n) is 5.71. The van der Waals surface area contributed by atoms with Gasteiger partial charge in [0.2, 0.25) is 5.88 Å². The summed E-state index contributed by atoms with van der Waals surface area (Å²) < 4.78 is 5.92. The lowest BCUT2D eigenvalue weighted by Gasteiger charge is -2.28. The predicted molar refractivity (Wildman–Crippen MR) is 114 cm³/mol. The molecule has 2 N–H and O–H groups in total. The number of nitrogen functional groups attached to an aromatic ring is 1. The number of pyridine rings is 2. The van der Waals surface area contributed by atoms with Crippen LogP contribution in [0.4, 0.5) is 5.82 Å². The van der Waals surface area contributed by atoms with Crippen molar-refractivity contribution in [2.45, 2.75) is 25.7 Å². The van der Waals surface area contributed by atoms with Crippen LogP contribution in [0, 0.1) is 5.92 Å². The predicted octanol–water partition coefficient (Wildman–Crippen LogP) is 3.72. The zero-order valence-electron chi connectivity index (χ0n) is 16.5. The maximum atomic E-state index is 6.00. The lowest BCUT2D eigenvalue weighted by atomic mass is 9.98. The molecule has 3 heterocycles. The van der Waals surface area contributed by atoms with Gasteiger partial charge in [-0.25, -0.2) is 9.97 Å². The van der Waals surface area contributed by atoms with Gasteiger partial charge in [0.1, 0.15) is 5.82 Å². The number of hydrogen-bond donors (Lipinski definition) is 1. The highest BCUT2D eigenvalue weighted by Gasteiger charge is 2.17. The molecule has 0 saturated carbocycles. The van der Waals surface area contributed by atoms with Crippen molar-refractivity contribution in [1.82, 2.24) is 14.9 Å². The first-order valence-electron chi connectivity index (χ1n) is 10.1. The van der Waals surface area contributed by atoms with Gasteiger partial charge in [-0.1, -0.05) is 24.3 Å². The van der Waals surface area contributed by atoms with Crippen LogP contribution in [0.2, 0.25) is 0 Å². The van der Waals surface area contributed by atoms with Crippen LogP contribution in [-0.2, 0) is 12.8 Å². The fraction of sp³-hybridized carbons (Fsp3) is 0.391. The minimum absolute atomic E-state index is 0.590. The molecule has 1 aliphatic rings. The summed E-state index contributed by atoms with van der Waals surface area (Å²) in [5, 5.41) is 2.21. The number of rotatable bonds is 6. The van der Waals surface area contributed by atoms with Crippen molar-refractivity contribution in [2.24, 2.45) is 5.92 Å². The fourth-order valence-corrected chi connectivity index (χ4v) is 3.87. The van der Waals surface area contributed by atoms with Crippen molar-refractivity contribution in [1.29, 1.82) is 0 Å². The van der Waals surface area contributed by atoms with Crippen LogP contribution in [0.3, 0.4) is 0 Å². The van der Waals surface area contributed by atoms with E-state index in [9.17, 15) is 0 Å². The van der Waals surface area contributed by atoms with Crippen LogP contribution in [-0.4, -0.2) is 41.6 Å². The summed E-state index contributed by atoms with van der Waals surface area (Å²) in [6.07, 6.45) is 8.01. The molecule has 4 rings (SSSR count). The third kappa shape index (κ3) is 4.42. The topological polar surface area (TPSA) is 64.3 Å². The largest absolute Gasteiger partial charge is 0.477 e. The lowest BCUT2D eigenvalue weighted by molar-refractivity contribution is 0.157. The average Bonchev–Trinajstić information content (AvgIpc) is 2.73. The first-order valence-corrected chi connectivity index (χ1v) is 10.1. The summed E-state index contributed by atoms with van der Waals surface area (Å²) in [4.78, 5) is 11.1. The molecule has 0 radical (unpaired) electrons. The fourth-order valence-electron chi connectivity index (χ4n) is 3.87. The van der Waals surface area contributed by atoms with Crippen LogP contribution in [0.1, 0.15) is 24.0 Å². The number of aryl methyl sites for hydroxylation is 2. The van der Waals surface area contributed by atoms with Crippen LogP contribution in [0.15, 0.2) is 48.8 Å². The third-order valence-corrected chi connectivity index (χ3v) is 5.71. The van der Waals surface area contributed by atoms with E-state index in [-0.39, 0.29) is 0 Å². The number of nitrogens with zero attached hydrogens (tertiary/aromatic N) is 3. The number of likely N-dealkylation sites (tertiary alicyclic amines) is 1. The molecule has 1 saturated heterocycles. The van der Waals surface area contributed by atoms with E-state index in [1.165, 1.54) is 29.4 Å². The monoisotopic (exact) mass is 376 g/mol. The molecule has 0 unspecified atom stereocenters. The van der Waals surface area contributed by atoms with E-state index in [4.69, 9.17) is 10.5 Å². The molecule has 3 aromatic rings. The van der Waals surface area contributed by atoms with Crippen molar-refractivity contribution in [3.63, 3.8) is 0 Å². The number of aromatic nitrogens is 2. The Balaban J connectivity index is 1.33. The quantitative estimate of drug-likeness (QED) is 0.710. The second kappa shape index (κ2) is 8.57. The summed E-state index contributed by atoms with van der Waals surface area (Å²) in [7, 11) is 2.18. The van der Waals surface area contributed by atoms with Gasteiger partial charge in [-0.15, -0.1) is 0 Å². The van der Waals surface area contributed by atoms with Gasteiger partial charge in [-0.05, 0) is 74.3 Å². The molecule has 0 bridgehead atoms. The van der Waals surface area contributed by atoms with E-state index in [1.807, 2.05) is 30.5 Å². The van der Waals surface area contributed by atoms with Gasteiger partial charge in [0, 0.05) is 23.8 Å². The molecule has 2 aromatic heterocycles. The van der Waals surface area contributed by atoms with Crippen molar-refractivity contribution < 1.29 is 4.74 Å². The van der Waals surface area contributed by atoms with Gasteiger partial charge in [0.25, 0.3) is 0 Å². The van der Waals surface area contributed by atoms with E-state index in [2.05, 4.69) is 34.0 Å². The Morgan fingerprint density at radius 1 is 1.04 bits per heavy atom. The number of ether oxygens (including phenoxy) is 1. The zero-order valence-corrected chi connectivity index (χ0v) is 16.5. The molecule has 0 amide bonds. The maximum Gasteiger partial charge on any atom is 0.213 e. The van der Waals surface area contributed by atoms with Gasteiger partial charge in [0.05, 0.1) is 6.61 Å². The zero-order chi connectivity index (χ0) is 19.3. The van der Waals surface area contributed by atoms with Gasteiger partial charge in [-0.2, -0.15) is 0 Å². The minimum Gasteiger partial charge on any atom is -0.477 e. The number of anilines is 1. The summed E-state index contributed by atoms with van der Waals surface area (Å²) in [5.74, 6) is 1.96. The Hall–Kier alpha value is -2.66. The summed E-state index contributed by atoms with van der Waals surface area (Å²) in [5.41, 5.74) is 8.50. The van der Waals surface area contributed by atoms with Crippen molar-refractivity contribution in [3.8, 4) is 5.88 Å². The van der Waals surface area contributed by atoms with Crippen LogP contribution < -0.4 is 10.5 Å². The molecule has 1 fully saturated rings. The second-order valence-electron chi connectivity index (χ2n) is 7.77. The first kappa shape index (κ1) is 18.7. The number of piperidine rings is 1. The Morgan fingerprint density at radius 3 is 2.68 bits per heavy atom. The molecule has 0 aliphatic carbocycles. The molecule has 0 atom stereocenters. The second-order valence-corrected chi connectivity index (χ2v) is 7.77. The normalized spacial score (nSPS) is 15.8. The Bertz CT molecular complexity index is 918. The lowest BCUT2D eigenvalue weighted by Crippen LogP contribution is -2.32. The average molecular weight is 377 g/mol. The van der Waals surface area contributed by atoms with Crippen molar-refractivity contribution in [2.75, 3.05) is 32.5 Å². The molecule has 5 heteroatoms. The number of nitrogens with two attached hydrogens (primary N) is 1. The smallest absolute Gasteiger partial charge is 0.213 e. The Morgan fingerprint density at radius 2 is 1.89 bits per heavy atom. The number of fused-ring (bicyclic) bond motifs is 1. The number of hydrogen-bond acceptors (Lipinski definition) is 5. The molecular weight excluding hydrogens is 348 g/mol. The van der Waals surface area contributed by atoms with Crippen molar-refractivity contribution >= 4 is 16.6 Å². The van der Waals surface area contributed by atoms with Crippen molar-refractivity contribution in [3.05, 3.63) is 59.9 Å². The highest BCUT2D eigenvalue weighted by atomic mass is 16.5. The highest BCUT2D eigenvalue weighted by Crippen LogP contribution is 2.24. The Kier molecular flexibility index (Phi) is 5.72. The highest BCUT2D eigenvalue weighted by molar-refractivity contribution is 5.93. The van der Waals surface area contributed by atoms with Gasteiger partial charge in [-0.3, -0.25) is 0 Å². The van der Waals surface area contributed by atoms with Gasteiger partial charge in [0.15, 0.2) is 0 Å². The molecular formula is C23H28N4O. The first-order chi connectivity index (χ1) is 13.7. The van der Waals surface area contributed by atoms with Crippen LogP contribution in [0.25, 0.3) is 10.8 Å². The van der Waals surface area contributed by atoms with E-state index in [0.29, 0.717) is 11.7 Å². The van der Waals surface area contributed by atoms with E-state index in [1.54, 1.807) is 6.20 Å². The molecule has 5 nitrogen and oxygen atoms in total. The molecule has 146 valence electrons. The summed E-state index contributed by atoms with van der Waals surface area (Å²) in [6, 6.07) is 12.4. The SMILES string of the molecule is CN1CCC(COc2ccc(CCc3cccc4c(N)nccc34)cn2)CC1. The summed E-state index contributed by atoms with van der Waals surface area (Å²) in [6.45, 7) is 3.10. The molecule has 0 spiro atoms. The number of benzene rings is 1. The maximum absolute atomic E-state index is 6.00. The molecule has 1 aliphatic heterocycles. The van der Waals surface area contributed by atoms with Gasteiger partial charge < -0.3 is 15.4 Å². The Labute approximate surface area is 166 Å². The van der Waals surface area contributed by atoms with Gasteiger partial charge >= 0.3 is 0 Å². The molecule has 28 heavy (non-hydrogen) atoms.